The summed E-state index contributed by atoms with van der Waals surface area (Å²) < 4.78 is 5.59. The lowest BCUT2D eigenvalue weighted by Gasteiger charge is -2.11. The highest BCUT2D eigenvalue weighted by molar-refractivity contribution is 5.96. The fourth-order valence-electron chi connectivity index (χ4n) is 2.31. The smallest absolute Gasteiger partial charge is 0.262 e. The Morgan fingerprint density at radius 2 is 1.73 bits per heavy atom. The van der Waals surface area contributed by atoms with Gasteiger partial charge >= 0.3 is 0 Å². The Labute approximate surface area is 154 Å². The molecule has 26 heavy (non-hydrogen) atoms. The minimum absolute atomic E-state index is 0.0685. The quantitative estimate of drug-likeness (QED) is 0.796. The van der Waals surface area contributed by atoms with E-state index in [2.05, 4.69) is 10.6 Å². The standard InChI is InChI=1S/C21H26N2O3/c1-14(2)12-22-21(25)17-7-9-18(10-8-17)23-20(24)13-26-19-11-15(3)5-6-16(19)4/h5-11,14H,12-13H2,1-4H3,(H,22,25)(H,23,24). The third-order valence-corrected chi connectivity index (χ3v) is 3.80. The summed E-state index contributed by atoms with van der Waals surface area (Å²) in [6.07, 6.45) is 0. The monoisotopic (exact) mass is 354 g/mol. The average Bonchev–Trinajstić information content (AvgIpc) is 2.61. The number of carbonyl (C=O) groups excluding carboxylic acids is 2. The van der Waals surface area contributed by atoms with Crippen LogP contribution in [-0.4, -0.2) is 25.0 Å². The van der Waals surface area contributed by atoms with Crippen LogP contribution in [0.2, 0.25) is 0 Å². The molecule has 2 rings (SSSR count). The molecular formula is C21H26N2O3. The van der Waals surface area contributed by atoms with Crippen molar-refractivity contribution in [3.63, 3.8) is 0 Å². The molecule has 0 bridgehead atoms. The van der Waals surface area contributed by atoms with Crippen molar-refractivity contribution < 1.29 is 14.3 Å². The summed E-state index contributed by atoms with van der Waals surface area (Å²) in [5, 5.41) is 5.63. The SMILES string of the molecule is Cc1ccc(C)c(OCC(=O)Nc2ccc(C(=O)NCC(C)C)cc2)c1. The fourth-order valence-corrected chi connectivity index (χ4v) is 2.31. The lowest BCUT2D eigenvalue weighted by molar-refractivity contribution is -0.118. The maximum absolute atomic E-state index is 12.1. The summed E-state index contributed by atoms with van der Waals surface area (Å²) in [5.41, 5.74) is 3.26. The Kier molecular flexibility index (Phi) is 6.78. The van der Waals surface area contributed by atoms with Crippen LogP contribution in [0.3, 0.4) is 0 Å². The van der Waals surface area contributed by atoms with Crippen molar-refractivity contribution in [2.75, 3.05) is 18.5 Å². The van der Waals surface area contributed by atoms with Crippen LogP contribution >= 0.6 is 0 Å². The molecule has 0 aliphatic carbocycles. The molecule has 0 aliphatic rings. The normalized spacial score (nSPS) is 10.5. The minimum Gasteiger partial charge on any atom is -0.483 e. The van der Waals surface area contributed by atoms with E-state index < -0.39 is 0 Å². The molecule has 0 fully saturated rings. The van der Waals surface area contributed by atoms with E-state index in [0.29, 0.717) is 29.5 Å². The number of aryl methyl sites for hydroxylation is 2. The van der Waals surface area contributed by atoms with E-state index in [1.54, 1.807) is 24.3 Å². The molecule has 2 amide bonds. The van der Waals surface area contributed by atoms with E-state index in [1.165, 1.54) is 0 Å². The van der Waals surface area contributed by atoms with Gasteiger partial charge in [0.1, 0.15) is 5.75 Å². The first-order chi connectivity index (χ1) is 12.3. The lowest BCUT2D eigenvalue weighted by Crippen LogP contribution is -2.27. The Morgan fingerprint density at radius 1 is 1.04 bits per heavy atom. The summed E-state index contributed by atoms with van der Waals surface area (Å²) in [6, 6.07) is 12.7. The van der Waals surface area contributed by atoms with Gasteiger partial charge in [-0.1, -0.05) is 26.0 Å². The van der Waals surface area contributed by atoms with Gasteiger partial charge < -0.3 is 15.4 Å². The third kappa shape index (κ3) is 5.92. The fraction of sp³-hybridized carbons (Fsp3) is 0.333. The van der Waals surface area contributed by atoms with E-state index >= 15 is 0 Å². The molecule has 5 heteroatoms. The molecule has 0 saturated carbocycles. The average molecular weight is 354 g/mol. The van der Waals surface area contributed by atoms with Crippen LogP contribution < -0.4 is 15.4 Å². The zero-order chi connectivity index (χ0) is 19.1. The van der Waals surface area contributed by atoms with Crippen molar-refractivity contribution in [3.05, 3.63) is 59.2 Å². The highest BCUT2D eigenvalue weighted by atomic mass is 16.5. The number of carbonyl (C=O) groups is 2. The Bertz CT molecular complexity index is 767. The maximum Gasteiger partial charge on any atom is 0.262 e. The van der Waals surface area contributed by atoms with E-state index in [-0.39, 0.29) is 18.4 Å². The van der Waals surface area contributed by atoms with E-state index in [9.17, 15) is 9.59 Å². The molecule has 2 N–H and O–H groups in total. The second-order valence-electron chi connectivity index (χ2n) is 6.79. The number of hydrogen-bond donors (Lipinski definition) is 2. The molecule has 0 aromatic heterocycles. The topological polar surface area (TPSA) is 67.4 Å². The van der Waals surface area contributed by atoms with Gasteiger partial charge in [-0.3, -0.25) is 9.59 Å². The molecule has 5 nitrogen and oxygen atoms in total. The first kappa shape index (κ1) is 19.5. The number of ether oxygens (including phenoxy) is 1. The van der Waals surface area contributed by atoms with Crippen LogP contribution in [0, 0.1) is 19.8 Å². The predicted octanol–water partition coefficient (Wildman–Crippen LogP) is 3.71. The van der Waals surface area contributed by atoms with Crippen LogP contribution in [0.25, 0.3) is 0 Å². The van der Waals surface area contributed by atoms with Crippen LogP contribution in [0.5, 0.6) is 5.75 Å². The van der Waals surface area contributed by atoms with Gasteiger partial charge in [0.2, 0.25) is 0 Å². The second-order valence-corrected chi connectivity index (χ2v) is 6.79. The Morgan fingerprint density at radius 3 is 2.38 bits per heavy atom. The van der Waals surface area contributed by atoms with E-state index in [4.69, 9.17) is 4.74 Å². The number of hydrogen-bond acceptors (Lipinski definition) is 3. The molecule has 0 unspecified atom stereocenters. The van der Waals surface area contributed by atoms with Crippen LogP contribution in [0.1, 0.15) is 35.3 Å². The molecule has 0 saturated heterocycles. The third-order valence-electron chi connectivity index (χ3n) is 3.80. The molecule has 0 heterocycles. The number of amides is 2. The van der Waals surface area contributed by atoms with Crippen molar-refractivity contribution in [1.82, 2.24) is 5.32 Å². The minimum atomic E-state index is -0.247. The molecule has 2 aromatic rings. The molecule has 0 aliphatic heterocycles. The molecule has 0 atom stereocenters. The Hall–Kier alpha value is -2.82. The lowest BCUT2D eigenvalue weighted by atomic mass is 10.1. The van der Waals surface area contributed by atoms with Crippen molar-refractivity contribution in [1.29, 1.82) is 0 Å². The van der Waals surface area contributed by atoms with Crippen molar-refractivity contribution in [3.8, 4) is 5.75 Å². The number of nitrogens with one attached hydrogen (secondary N) is 2. The van der Waals surface area contributed by atoms with Crippen molar-refractivity contribution in [2.24, 2.45) is 5.92 Å². The van der Waals surface area contributed by atoms with E-state index in [0.717, 1.165) is 11.1 Å². The first-order valence-corrected chi connectivity index (χ1v) is 8.73. The summed E-state index contributed by atoms with van der Waals surface area (Å²) in [7, 11) is 0. The maximum atomic E-state index is 12.1. The highest BCUT2D eigenvalue weighted by Crippen LogP contribution is 2.19. The summed E-state index contributed by atoms with van der Waals surface area (Å²) in [6.45, 7) is 8.56. The molecule has 138 valence electrons. The van der Waals surface area contributed by atoms with Gasteiger partial charge in [0.05, 0.1) is 0 Å². The first-order valence-electron chi connectivity index (χ1n) is 8.73. The zero-order valence-electron chi connectivity index (χ0n) is 15.8. The molecule has 0 spiro atoms. The molecule has 0 radical (unpaired) electrons. The van der Waals surface area contributed by atoms with Crippen LogP contribution in [0.15, 0.2) is 42.5 Å². The number of benzene rings is 2. The second kappa shape index (κ2) is 9.04. The zero-order valence-corrected chi connectivity index (χ0v) is 15.8. The van der Waals surface area contributed by atoms with Gasteiger partial charge in [0.25, 0.3) is 11.8 Å². The van der Waals surface area contributed by atoms with Gasteiger partial charge in [-0.25, -0.2) is 0 Å². The van der Waals surface area contributed by atoms with Crippen LogP contribution in [0.4, 0.5) is 5.69 Å². The summed E-state index contributed by atoms with van der Waals surface area (Å²) >= 11 is 0. The van der Waals surface area contributed by atoms with Gasteiger partial charge in [0.15, 0.2) is 6.61 Å². The predicted molar refractivity (Wildman–Crippen MR) is 104 cm³/mol. The number of rotatable bonds is 7. The van der Waals surface area contributed by atoms with Gasteiger partial charge in [-0.15, -0.1) is 0 Å². The number of anilines is 1. The largest absolute Gasteiger partial charge is 0.483 e. The molecule has 2 aromatic carbocycles. The van der Waals surface area contributed by atoms with Gasteiger partial charge in [-0.05, 0) is 61.2 Å². The van der Waals surface area contributed by atoms with Gasteiger partial charge in [0, 0.05) is 17.8 Å². The van der Waals surface area contributed by atoms with Crippen molar-refractivity contribution in [2.45, 2.75) is 27.7 Å². The van der Waals surface area contributed by atoms with Gasteiger partial charge in [-0.2, -0.15) is 0 Å². The van der Waals surface area contributed by atoms with Crippen molar-refractivity contribution >= 4 is 17.5 Å². The summed E-state index contributed by atoms with van der Waals surface area (Å²) in [5.74, 6) is 0.740. The molecular weight excluding hydrogens is 328 g/mol. The van der Waals surface area contributed by atoms with E-state index in [1.807, 2.05) is 45.9 Å². The van der Waals surface area contributed by atoms with Crippen LogP contribution in [-0.2, 0) is 4.79 Å². The summed E-state index contributed by atoms with van der Waals surface area (Å²) in [4.78, 5) is 24.0. The Balaban J connectivity index is 1.87. The highest BCUT2D eigenvalue weighted by Gasteiger charge is 2.08.